The van der Waals surface area contributed by atoms with Crippen molar-refractivity contribution in [2.75, 3.05) is 6.54 Å². The predicted molar refractivity (Wildman–Crippen MR) is 47.8 cm³/mol. The van der Waals surface area contributed by atoms with Gasteiger partial charge in [-0.05, 0) is 33.1 Å². The summed E-state index contributed by atoms with van der Waals surface area (Å²) >= 11 is 0. The van der Waals surface area contributed by atoms with Crippen molar-refractivity contribution >= 4 is 5.91 Å². The Morgan fingerprint density at radius 1 is 1.17 bits per heavy atom. The van der Waals surface area contributed by atoms with E-state index >= 15 is 0 Å². The van der Waals surface area contributed by atoms with Crippen LogP contribution in [0.4, 0.5) is 0 Å². The highest BCUT2D eigenvalue weighted by atomic mass is 16.2. The largest absolute Gasteiger partial charge is 0.337 e. The van der Waals surface area contributed by atoms with E-state index in [0.29, 0.717) is 5.91 Å². The molecule has 0 spiro atoms. The molecular formula is C10H17NO. The van der Waals surface area contributed by atoms with Crippen LogP contribution in [-0.2, 0) is 4.79 Å². The first-order valence-electron chi connectivity index (χ1n) is 4.78. The van der Waals surface area contributed by atoms with Crippen molar-refractivity contribution in [2.45, 2.75) is 45.6 Å². The lowest BCUT2D eigenvalue weighted by molar-refractivity contribution is -0.150. The van der Waals surface area contributed by atoms with Crippen LogP contribution in [-0.4, -0.2) is 22.9 Å². The quantitative estimate of drug-likeness (QED) is 0.583. The van der Waals surface area contributed by atoms with Gasteiger partial charge in [0, 0.05) is 17.5 Å². The normalized spacial score (nSPS) is 29.4. The third-order valence-corrected chi connectivity index (χ3v) is 3.44. The van der Waals surface area contributed by atoms with Crippen LogP contribution in [0.1, 0.15) is 40.0 Å². The molecule has 2 aliphatic rings. The molecule has 2 rings (SSSR count). The highest BCUT2D eigenvalue weighted by molar-refractivity contribution is 5.86. The smallest absolute Gasteiger partial charge is 0.228 e. The fourth-order valence-corrected chi connectivity index (χ4v) is 1.77. The number of rotatable bonds is 1. The van der Waals surface area contributed by atoms with Gasteiger partial charge in [-0.3, -0.25) is 4.79 Å². The molecule has 2 heteroatoms. The second kappa shape index (κ2) is 2.04. The summed E-state index contributed by atoms with van der Waals surface area (Å²) in [7, 11) is 0. The monoisotopic (exact) mass is 167 g/mol. The lowest BCUT2D eigenvalue weighted by Crippen LogP contribution is -2.60. The Morgan fingerprint density at radius 3 is 2.00 bits per heavy atom. The van der Waals surface area contributed by atoms with Gasteiger partial charge in [0.15, 0.2) is 0 Å². The Labute approximate surface area is 73.9 Å². The highest BCUT2D eigenvalue weighted by Gasteiger charge is 2.52. The van der Waals surface area contributed by atoms with Gasteiger partial charge in [0.1, 0.15) is 0 Å². The second-order valence-electron chi connectivity index (χ2n) is 5.08. The number of nitrogens with zero attached hydrogens (tertiary/aromatic N) is 1. The van der Waals surface area contributed by atoms with Crippen molar-refractivity contribution in [2.24, 2.45) is 5.41 Å². The summed E-state index contributed by atoms with van der Waals surface area (Å²) in [4.78, 5) is 13.9. The van der Waals surface area contributed by atoms with Gasteiger partial charge in [-0.15, -0.1) is 0 Å². The molecule has 0 atom stereocenters. The van der Waals surface area contributed by atoms with Crippen LogP contribution in [0.15, 0.2) is 0 Å². The van der Waals surface area contributed by atoms with Crippen molar-refractivity contribution in [1.82, 2.24) is 4.90 Å². The number of hydrogen-bond donors (Lipinski definition) is 0. The minimum absolute atomic E-state index is 0.0255. The van der Waals surface area contributed by atoms with Gasteiger partial charge in [0.2, 0.25) is 5.91 Å². The van der Waals surface area contributed by atoms with Gasteiger partial charge >= 0.3 is 0 Å². The van der Waals surface area contributed by atoms with Crippen molar-refractivity contribution < 1.29 is 4.79 Å². The van der Waals surface area contributed by atoms with E-state index in [1.54, 1.807) is 0 Å². The zero-order chi connectivity index (χ0) is 8.98. The van der Waals surface area contributed by atoms with Crippen LogP contribution >= 0.6 is 0 Å². The number of amides is 1. The summed E-state index contributed by atoms with van der Waals surface area (Å²) < 4.78 is 0. The van der Waals surface area contributed by atoms with Crippen molar-refractivity contribution in [3.05, 3.63) is 0 Å². The topological polar surface area (TPSA) is 20.3 Å². The first kappa shape index (κ1) is 8.09. The van der Waals surface area contributed by atoms with E-state index in [0.717, 1.165) is 25.8 Å². The van der Waals surface area contributed by atoms with Crippen LogP contribution < -0.4 is 0 Å². The molecule has 1 saturated heterocycles. The average molecular weight is 167 g/mol. The SMILES string of the molecule is CC1(C(=O)N2CCC2(C)C)CC1. The van der Waals surface area contributed by atoms with E-state index in [1.807, 2.05) is 4.90 Å². The van der Waals surface area contributed by atoms with Crippen molar-refractivity contribution in [1.29, 1.82) is 0 Å². The molecule has 2 nitrogen and oxygen atoms in total. The number of likely N-dealkylation sites (tertiary alicyclic amines) is 1. The lowest BCUT2D eigenvalue weighted by Gasteiger charge is -2.49. The maximum atomic E-state index is 11.9. The van der Waals surface area contributed by atoms with Crippen LogP contribution in [0.2, 0.25) is 0 Å². The molecule has 0 bridgehead atoms. The molecule has 1 aliphatic heterocycles. The number of hydrogen-bond acceptors (Lipinski definition) is 1. The molecular weight excluding hydrogens is 150 g/mol. The molecule has 0 aromatic heterocycles. The van der Waals surface area contributed by atoms with Gasteiger partial charge in [-0.1, -0.05) is 6.92 Å². The minimum Gasteiger partial charge on any atom is -0.337 e. The molecule has 0 N–H and O–H groups in total. The minimum atomic E-state index is 0.0255. The fraction of sp³-hybridized carbons (Fsp3) is 0.900. The second-order valence-corrected chi connectivity index (χ2v) is 5.08. The summed E-state index contributed by atoms with van der Waals surface area (Å²) in [6, 6.07) is 0. The first-order chi connectivity index (χ1) is 5.46. The maximum absolute atomic E-state index is 11.9. The zero-order valence-electron chi connectivity index (χ0n) is 8.18. The Morgan fingerprint density at radius 2 is 1.75 bits per heavy atom. The standard InChI is InChI=1S/C10H17NO/c1-9(2)6-7-11(9)8(12)10(3)4-5-10/h4-7H2,1-3H3. The van der Waals surface area contributed by atoms with Crippen molar-refractivity contribution in [3.8, 4) is 0 Å². The van der Waals surface area contributed by atoms with E-state index in [-0.39, 0.29) is 11.0 Å². The van der Waals surface area contributed by atoms with E-state index in [9.17, 15) is 4.79 Å². The molecule has 0 aromatic carbocycles. The zero-order valence-corrected chi connectivity index (χ0v) is 8.18. The Bertz CT molecular complexity index is 228. The Balaban J connectivity index is 2.06. The van der Waals surface area contributed by atoms with Gasteiger partial charge < -0.3 is 4.90 Å². The molecule has 68 valence electrons. The Hall–Kier alpha value is -0.530. The molecule has 0 unspecified atom stereocenters. The van der Waals surface area contributed by atoms with Gasteiger partial charge in [0.05, 0.1) is 0 Å². The van der Waals surface area contributed by atoms with Crippen LogP contribution in [0.25, 0.3) is 0 Å². The third-order valence-electron chi connectivity index (χ3n) is 3.44. The summed E-state index contributed by atoms with van der Waals surface area (Å²) in [5, 5.41) is 0. The van der Waals surface area contributed by atoms with Gasteiger partial charge in [-0.2, -0.15) is 0 Å². The Kier molecular flexibility index (Phi) is 1.37. The highest BCUT2D eigenvalue weighted by Crippen LogP contribution is 2.49. The molecule has 1 amide bonds. The molecule has 1 heterocycles. The molecule has 0 aromatic rings. The molecule has 1 aliphatic carbocycles. The molecule has 0 radical (unpaired) electrons. The summed E-state index contributed by atoms with van der Waals surface area (Å²) in [6.07, 6.45) is 3.35. The number of carbonyl (C=O) groups excluding carboxylic acids is 1. The fourth-order valence-electron chi connectivity index (χ4n) is 1.77. The van der Waals surface area contributed by atoms with Crippen LogP contribution in [0.5, 0.6) is 0 Å². The average Bonchev–Trinajstić information content (AvgIpc) is 2.67. The summed E-state index contributed by atoms with van der Waals surface area (Å²) in [6.45, 7) is 7.37. The van der Waals surface area contributed by atoms with Crippen LogP contribution in [0.3, 0.4) is 0 Å². The third kappa shape index (κ3) is 0.970. The summed E-state index contributed by atoms with van der Waals surface area (Å²) in [5.74, 6) is 0.388. The van der Waals surface area contributed by atoms with E-state index in [2.05, 4.69) is 20.8 Å². The molecule has 2 fully saturated rings. The lowest BCUT2D eigenvalue weighted by atomic mass is 9.87. The first-order valence-corrected chi connectivity index (χ1v) is 4.78. The maximum Gasteiger partial charge on any atom is 0.228 e. The van der Waals surface area contributed by atoms with E-state index in [1.165, 1.54) is 0 Å². The van der Waals surface area contributed by atoms with Gasteiger partial charge in [-0.25, -0.2) is 0 Å². The van der Waals surface area contributed by atoms with E-state index < -0.39 is 0 Å². The number of carbonyl (C=O) groups is 1. The molecule has 12 heavy (non-hydrogen) atoms. The predicted octanol–water partition coefficient (Wildman–Crippen LogP) is 1.80. The van der Waals surface area contributed by atoms with E-state index in [4.69, 9.17) is 0 Å². The summed E-state index contributed by atoms with van der Waals surface area (Å²) in [5.41, 5.74) is 0.167. The molecule has 1 saturated carbocycles. The van der Waals surface area contributed by atoms with Crippen LogP contribution in [0, 0.1) is 5.41 Å². The van der Waals surface area contributed by atoms with Crippen molar-refractivity contribution in [3.63, 3.8) is 0 Å². The van der Waals surface area contributed by atoms with Gasteiger partial charge in [0.25, 0.3) is 0 Å².